The lowest BCUT2D eigenvalue weighted by atomic mass is 9.94. The first kappa shape index (κ1) is 23.5. The number of rotatable bonds is 8. The van der Waals surface area contributed by atoms with Gasteiger partial charge in [0.05, 0.1) is 17.7 Å². The van der Waals surface area contributed by atoms with Crippen LogP contribution in [-0.4, -0.2) is 59.9 Å². The summed E-state index contributed by atoms with van der Waals surface area (Å²) in [6.07, 6.45) is 0.696. The van der Waals surface area contributed by atoms with Gasteiger partial charge in [-0.2, -0.15) is 0 Å². The summed E-state index contributed by atoms with van der Waals surface area (Å²) in [5.74, 6) is -0.823. The molecule has 2 aromatic carbocycles. The van der Waals surface area contributed by atoms with Crippen LogP contribution in [0.1, 0.15) is 43.0 Å². The van der Waals surface area contributed by atoms with Crippen LogP contribution in [0.25, 0.3) is 5.76 Å². The first-order valence-electron chi connectivity index (χ1n) is 11.0. The number of amides is 1. The van der Waals surface area contributed by atoms with Crippen LogP contribution in [0, 0.1) is 6.92 Å². The molecule has 0 saturated carbocycles. The Bertz CT molecular complexity index is 1030. The van der Waals surface area contributed by atoms with E-state index >= 15 is 0 Å². The third-order valence-corrected chi connectivity index (χ3v) is 5.38. The summed E-state index contributed by atoms with van der Waals surface area (Å²) < 4.78 is 5.74. The fraction of sp³-hybridized carbons (Fsp3) is 0.385. The van der Waals surface area contributed by atoms with E-state index in [0.29, 0.717) is 17.9 Å². The summed E-state index contributed by atoms with van der Waals surface area (Å²) in [7, 11) is 3.94. The van der Waals surface area contributed by atoms with Crippen LogP contribution in [0.5, 0.6) is 5.75 Å². The smallest absolute Gasteiger partial charge is 0.295 e. The highest BCUT2D eigenvalue weighted by molar-refractivity contribution is 6.46. The van der Waals surface area contributed by atoms with Gasteiger partial charge in [0.1, 0.15) is 11.5 Å². The molecule has 1 aliphatic rings. The summed E-state index contributed by atoms with van der Waals surface area (Å²) in [6.45, 7) is 7.02. The van der Waals surface area contributed by atoms with Crippen molar-refractivity contribution in [3.8, 4) is 5.75 Å². The SMILES string of the molecule is Cc1cccc(C2/C(=C(/O)c3cccc(OC(C)C)c3)C(=O)C(=O)N2CCCN(C)C)c1. The van der Waals surface area contributed by atoms with Gasteiger partial charge in [-0.3, -0.25) is 9.59 Å². The number of carbonyl (C=O) groups excluding carboxylic acids is 2. The molecule has 1 aliphatic heterocycles. The van der Waals surface area contributed by atoms with Crippen molar-refractivity contribution in [1.29, 1.82) is 0 Å². The van der Waals surface area contributed by atoms with Gasteiger partial charge >= 0.3 is 0 Å². The number of aliphatic hydroxyl groups excluding tert-OH is 1. The average Bonchev–Trinajstić information content (AvgIpc) is 2.98. The van der Waals surface area contributed by atoms with E-state index in [1.807, 2.05) is 64.0 Å². The Morgan fingerprint density at radius 2 is 1.84 bits per heavy atom. The minimum atomic E-state index is -0.658. The Labute approximate surface area is 190 Å². The van der Waals surface area contributed by atoms with Crippen LogP contribution in [0.4, 0.5) is 0 Å². The van der Waals surface area contributed by atoms with Gasteiger partial charge < -0.3 is 19.6 Å². The first-order valence-corrected chi connectivity index (χ1v) is 11.0. The molecule has 6 heteroatoms. The van der Waals surface area contributed by atoms with E-state index in [1.54, 1.807) is 29.2 Å². The zero-order chi connectivity index (χ0) is 23.4. The van der Waals surface area contributed by atoms with E-state index in [4.69, 9.17) is 4.74 Å². The van der Waals surface area contributed by atoms with Gasteiger partial charge in [0.2, 0.25) is 0 Å². The van der Waals surface area contributed by atoms with Gasteiger partial charge in [-0.05, 0) is 65.5 Å². The van der Waals surface area contributed by atoms with Crippen molar-refractivity contribution in [2.45, 2.75) is 39.3 Å². The van der Waals surface area contributed by atoms with E-state index in [2.05, 4.69) is 0 Å². The first-order chi connectivity index (χ1) is 15.2. The van der Waals surface area contributed by atoms with Crippen LogP contribution in [0.2, 0.25) is 0 Å². The van der Waals surface area contributed by atoms with E-state index in [1.165, 1.54) is 0 Å². The quantitative estimate of drug-likeness (QED) is 0.382. The zero-order valence-electron chi connectivity index (χ0n) is 19.5. The molecule has 1 atom stereocenters. The third-order valence-electron chi connectivity index (χ3n) is 5.38. The lowest BCUT2D eigenvalue weighted by Crippen LogP contribution is -2.32. The maximum absolute atomic E-state index is 13.1. The van der Waals surface area contributed by atoms with Crippen molar-refractivity contribution in [1.82, 2.24) is 9.80 Å². The Morgan fingerprint density at radius 1 is 1.12 bits per heavy atom. The molecule has 0 radical (unpaired) electrons. The second-order valence-electron chi connectivity index (χ2n) is 8.76. The molecule has 170 valence electrons. The fourth-order valence-corrected chi connectivity index (χ4v) is 4.00. The van der Waals surface area contributed by atoms with Crippen molar-refractivity contribution in [2.24, 2.45) is 0 Å². The lowest BCUT2D eigenvalue weighted by Gasteiger charge is -2.26. The summed E-state index contributed by atoms with van der Waals surface area (Å²) in [4.78, 5) is 29.7. The molecule has 6 nitrogen and oxygen atoms in total. The van der Waals surface area contributed by atoms with Gasteiger partial charge in [0.25, 0.3) is 11.7 Å². The van der Waals surface area contributed by atoms with E-state index < -0.39 is 17.7 Å². The molecule has 1 N–H and O–H groups in total. The van der Waals surface area contributed by atoms with E-state index in [0.717, 1.165) is 24.1 Å². The van der Waals surface area contributed by atoms with Crippen molar-refractivity contribution in [3.63, 3.8) is 0 Å². The predicted octanol–water partition coefficient (Wildman–Crippen LogP) is 4.16. The van der Waals surface area contributed by atoms with Gasteiger partial charge in [-0.1, -0.05) is 42.0 Å². The van der Waals surface area contributed by atoms with Crippen molar-refractivity contribution < 1.29 is 19.4 Å². The molecule has 3 rings (SSSR count). The largest absolute Gasteiger partial charge is 0.507 e. The highest BCUT2D eigenvalue weighted by atomic mass is 16.5. The maximum Gasteiger partial charge on any atom is 0.295 e. The number of hydrogen-bond donors (Lipinski definition) is 1. The van der Waals surface area contributed by atoms with Crippen LogP contribution in [0.3, 0.4) is 0 Å². The molecule has 0 bridgehead atoms. The number of Topliss-reactive ketones (excluding diaryl/α,β-unsaturated/α-hetero) is 1. The van der Waals surface area contributed by atoms with Gasteiger partial charge in [-0.25, -0.2) is 0 Å². The van der Waals surface area contributed by atoms with Gasteiger partial charge in [0, 0.05) is 12.1 Å². The van der Waals surface area contributed by atoms with Crippen molar-refractivity contribution in [3.05, 3.63) is 70.8 Å². The van der Waals surface area contributed by atoms with E-state index in [9.17, 15) is 14.7 Å². The Morgan fingerprint density at radius 3 is 2.50 bits per heavy atom. The van der Waals surface area contributed by atoms with E-state index in [-0.39, 0.29) is 17.4 Å². The molecular weight excluding hydrogens is 404 g/mol. The summed E-state index contributed by atoms with van der Waals surface area (Å²) >= 11 is 0. The second-order valence-corrected chi connectivity index (χ2v) is 8.76. The molecule has 1 unspecified atom stereocenters. The number of ether oxygens (including phenoxy) is 1. The Hall–Kier alpha value is -3.12. The number of aryl methyl sites for hydroxylation is 1. The molecule has 2 aromatic rings. The molecule has 0 aromatic heterocycles. The number of hydrogen-bond acceptors (Lipinski definition) is 5. The van der Waals surface area contributed by atoms with Crippen LogP contribution in [-0.2, 0) is 9.59 Å². The molecular formula is C26H32N2O4. The van der Waals surface area contributed by atoms with Crippen molar-refractivity contribution >= 4 is 17.4 Å². The maximum atomic E-state index is 13.1. The Kier molecular flexibility index (Phi) is 7.36. The highest BCUT2D eigenvalue weighted by Gasteiger charge is 2.45. The van der Waals surface area contributed by atoms with Crippen LogP contribution in [0.15, 0.2) is 54.1 Å². The highest BCUT2D eigenvalue weighted by Crippen LogP contribution is 2.40. The molecule has 1 amide bonds. The number of ketones is 1. The van der Waals surface area contributed by atoms with Gasteiger partial charge in [-0.15, -0.1) is 0 Å². The standard InChI is InChI=1S/C26H32N2O4/c1-17(2)32-21-12-7-11-20(16-21)24(29)22-23(19-10-6-9-18(3)15-19)28(26(31)25(22)30)14-8-13-27(4)5/h6-7,9-12,15-17,23,29H,8,13-14H2,1-5H3/b24-22-. The summed E-state index contributed by atoms with van der Waals surface area (Å²) in [5, 5.41) is 11.2. The molecule has 0 spiro atoms. The fourth-order valence-electron chi connectivity index (χ4n) is 4.00. The predicted molar refractivity (Wildman–Crippen MR) is 126 cm³/mol. The minimum Gasteiger partial charge on any atom is -0.507 e. The number of benzene rings is 2. The minimum absolute atomic E-state index is 0.0260. The normalized spacial score (nSPS) is 18.1. The monoisotopic (exact) mass is 436 g/mol. The number of carbonyl (C=O) groups is 2. The Balaban J connectivity index is 2.09. The number of aliphatic hydroxyl groups is 1. The molecule has 1 heterocycles. The average molecular weight is 437 g/mol. The second kappa shape index (κ2) is 10.0. The number of nitrogens with zero attached hydrogens (tertiary/aromatic N) is 2. The van der Waals surface area contributed by atoms with Crippen LogP contribution >= 0.6 is 0 Å². The van der Waals surface area contributed by atoms with Crippen LogP contribution < -0.4 is 4.74 Å². The molecule has 32 heavy (non-hydrogen) atoms. The van der Waals surface area contributed by atoms with Crippen molar-refractivity contribution in [2.75, 3.05) is 27.2 Å². The summed E-state index contributed by atoms with van der Waals surface area (Å²) in [6, 6.07) is 14.1. The molecule has 0 aliphatic carbocycles. The molecule has 1 saturated heterocycles. The lowest BCUT2D eigenvalue weighted by molar-refractivity contribution is -0.139. The summed E-state index contributed by atoms with van der Waals surface area (Å²) in [5.41, 5.74) is 2.40. The topological polar surface area (TPSA) is 70.1 Å². The number of likely N-dealkylation sites (tertiary alicyclic amines) is 1. The third kappa shape index (κ3) is 5.19. The van der Waals surface area contributed by atoms with Gasteiger partial charge in [0.15, 0.2) is 0 Å². The zero-order valence-corrected chi connectivity index (χ0v) is 19.5. The molecule has 1 fully saturated rings.